The molecule has 3 rings (SSSR count). The van der Waals surface area contributed by atoms with Gasteiger partial charge in [0, 0.05) is 5.56 Å². The number of methoxy groups -OCH3 is 1. The number of rotatable bonds is 3. The summed E-state index contributed by atoms with van der Waals surface area (Å²) in [6.07, 6.45) is 0. The van der Waals surface area contributed by atoms with Crippen LogP contribution in [0.25, 0.3) is 0 Å². The Kier molecular flexibility index (Phi) is 3.68. The van der Waals surface area contributed by atoms with Gasteiger partial charge in [0.25, 0.3) is 0 Å². The maximum atomic E-state index is 6.67. The summed E-state index contributed by atoms with van der Waals surface area (Å²) in [5.41, 5.74) is 5.76. The van der Waals surface area contributed by atoms with Crippen LogP contribution in [0.4, 0.5) is 0 Å². The Morgan fingerprint density at radius 2 is 1.90 bits per heavy atom. The van der Waals surface area contributed by atoms with Crippen molar-refractivity contribution < 1.29 is 9.47 Å². The van der Waals surface area contributed by atoms with E-state index in [1.807, 2.05) is 12.1 Å². The van der Waals surface area contributed by atoms with Crippen LogP contribution in [0.5, 0.6) is 5.75 Å². The Morgan fingerprint density at radius 1 is 1.10 bits per heavy atom. The van der Waals surface area contributed by atoms with E-state index in [0.717, 1.165) is 16.9 Å². The highest BCUT2D eigenvalue weighted by molar-refractivity contribution is 6.22. The van der Waals surface area contributed by atoms with Crippen molar-refractivity contribution in [3.05, 3.63) is 64.2 Å². The molecule has 104 valence electrons. The van der Waals surface area contributed by atoms with Crippen molar-refractivity contribution in [2.45, 2.75) is 25.5 Å². The highest BCUT2D eigenvalue weighted by Gasteiger charge is 2.19. The van der Waals surface area contributed by atoms with E-state index in [-0.39, 0.29) is 5.38 Å². The SMILES string of the molecule is COc1ccc(C)cc1C(Cl)c1ccc2c(c1)COC2. The van der Waals surface area contributed by atoms with E-state index in [9.17, 15) is 0 Å². The molecule has 3 heteroatoms. The van der Waals surface area contributed by atoms with Crippen LogP contribution >= 0.6 is 11.6 Å². The van der Waals surface area contributed by atoms with Crippen LogP contribution in [-0.4, -0.2) is 7.11 Å². The molecule has 0 saturated heterocycles. The third kappa shape index (κ3) is 2.41. The van der Waals surface area contributed by atoms with Gasteiger partial charge in [-0.1, -0.05) is 35.9 Å². The van der Waals surface area contributed by atoms with E-state index in [1.54, 1.807) is 7.11 Å². The highest BCUT2D eigenvalue weighted by atomic mass is 35.5. The fraction of sp³-hybridized carbons (Fsp3) is 0.294. The molecular formula is C17H17ClO2. The van der Waals surface area contributed by atoms with E-state index < -0.39 is 0 Å². The molecule has 2 aromatic carbocycles. The number of fused-ring (bicyclic) bond motifs is 1. The molecule has 0 bridgehead atoms. The standard InChI is InChI=1S/C17H17ClO2/c1-11-3-6-16(19-2)15(7-11)17(18)12-4-5-13-9-20-10-14(13)8-12/h3-8,17H,9-10H2,1-2H3. The van der Waals surface area contributed by atoms with Crippen molar-refractivity contribution in [1.82, 2.24) is 0 Å². The fourth-order valence-corrected chi connectivity index (χ4v) is 2.89. The summed E-state index contributed by atoms with van der Waals surface area (Å²) in [6.45, 7) is 3.44. The van der Waals surface area contributed by atoms with Gasteiger partial charge in [0.1, 0.15) is 5.75 Å². The second-order valence-electron chi connectivity index (χ2n) is 5.13. The van der Waals surface area contributed by atoms with Gasteiger partial charge in [-0.15, -0.1) is 11.6 Å². The summed E-state index contributed by atoms with van der Waals surface area (Å²) in [4.78, 5) is 0. The van der Waals surface area contributed by atoms with Gasteiger partial charge >= 0.3 is 0 Å². The number of hydrogen-bond donors (Lipinski definition) is 0. The number of ether oxygens (including phenoxy) is 2. The molecule has 0 aliphatic carbocycles. The van der Waals surface area contributed by atoms with Crippen molar-refractivity contribution in [2.24, 2.45) is 0 Å². The van der Waals surface area contributed by atoms with Gasteiger partial charge in [-0.05, 0) is 29.7 Å². The summed E-state index contributed by atoms with van der Waals surface area (Å²) < 4.78 is 10.9. The minimum Gasteiger partial charge on any atom is -0.496 e. The average Bonchev–Trinajstić information content (AvgIpc) is 2.93. The van der Waals surface area contributed by atoms with Crippen molar-refractivity contribution in [3.63, 3.8) is 0 Å². The Balaban J connectivity index is 2.00. The van der Waals surface area contributed by atoms with E-state index in [0.29, 0.717) is 13.2 Å². The Labute approximate surface area is 124 Å². The molecule has 20 heavy (non-hydrogen) atoms. The Hall–Kier alpha value is -1.51. The molecule has 1 heterocycles. The van der Waals surface area contributed by atoms with Crippen molar-refractivity contribution in [1.29, 1.82) is 0 Å². The number of hydrogen-bond acceptors (Lipinski definition) is 2. The van der Waals surface area contributed by atoms with E-state index in [2.05, 4.69) is 31.2 Å². The predicted molar refractivity (Wildman–Crippen MR) is 80.4 cm³/mol. The Bertz CT molecular complexity index is 637. The molecule has 2 nitrogen and oxygen atoms in total. The van der Waals surface area contributed by atoms with Crippen LogP contribution in [-0.2, 0) is 18.0 Å². The normalized spacial score (nSPS) is 14.9. The summed E-state index contributed by atoms with van der Waals surface area (Å²) in [6, 6.07) is 12.4. The number of alkyl halides is 1. The van der Waals surface area contributed by atoms with Gasteiger partial charge in [0.05, 0.1) is 25.7 Å². The topological polar surface area (TPSA) is 18.5 Å². The predicted octanol–water partition coefficient (Wildman–Crippen LogP) is 4.36. The lowest BCUT2D eigenvalue weighted by molar-refractivity contribution is 0.134. The lowest BCUT2D eigenvalue weighted by atomic mass is 9.98. The molecule has 0 N–H and O–H groups in total. The van der Waals surface area contributed by atoms with Crippen molar-refractivity contribution in [2.75, 3.05) is 7.11 Å². The molecule has 0 radical (unpaired) electrons. The zero-order valence-electron chi connectivity index (χ0n) is 11.7. The smallest absolute Gasteiger partial charge is 0.123 e. The number of halogens is 1. The van der Waals surface area contributed by atoms with Crippen molar-refractivity contribution in [3.8, 4) is 5.75 Å². The zero-order chi connectivity index (χ0) is 14.1. The molecule has 0 saturated carbocycles. The van der Waals surface area contributed by atoms with Gasteiger partial charge in [0.2, 0.25) is 0 Å². The quantitative estimate of drug-likeness (QED) is 0.781. The largest absolute Gasteiger partial charge is 0.496 e. The molecule has 1 unspecified atom stereocenters. The number of aryl methyl sites for hydroxylation is 1. The van der Waals surface area contributed by atoms with Gasteiger partial charge in [-0.3, -0.25) is 0 Å². The molecule has 0 spiro atoms. The third-order valence-electron chi connectivity index (χ3n) is 3.70. The second-order valence-corrected chi connectivity index (χ2v) is 5.57. The first kappa shape index (κ1) is 13.5. The molecule has 2 aromatic rings. The van der Waals surface area contributed by atoms with Gasteiger partial charge in [-0.2, -0.15) is 0 Å². The molecule has 1 aliphatic rings. The molecule has 1 atom stereocenters. The maximum absolute atomic E-state index is 6.67. The van der Waals surface area contributed by atoms with Gasteiger partial charge in [0.15, 0.2) is 0 Å². The van der Waals surface area contributed by atoms with E-state index in [4.69, 9.17) is 21.1 Å². The van der Waals surface area contributed by atoms with Crippen LogP contribution in [0.1, 0.15) is 33.2 Å². The second kappa shape index (κ2) is 5.47. The van der Waals surface area contributed by atoms with Gasteiger partial charge in [-0.25, -0.2) is 0 Å². The van der Waals surface area contributed by atoms with Crippen LogP contribution in [0.2, 0.25) is 0 Å². The van der Waals surface area contributed by atoms with Gasteiger partial charge < -0.3 is 9.47 Å². The summed E-state index contributed by atoms with van der Waals surface area (Å²) >= 11 is 6.67. The minimum atomic E-state index is -0.212. The lowest BCUT2D eigenvalue weighted by Gasteiger charge is -2.16. The molecule has 0 aromatic heterocycles. The molecule has 0 fully saturated rings. The fourth-order valence-electron chi connectivity index (χ4n) is 2.58. The molecule has 1 aliphatic heterocycles. The number of benzene rings is 2. The third-order valence-corrected chi connectivity index (χ3v) is 4.18. The van der Waals surface area contributed by atoms with E-state index in [1.165, 1.54) is 16.7 Å². The minimum absolute atomic E-state index is 0.212. The Morgan fingerprint density at radius 3 is 2.70 bits per heavy atom. The lowest BCUT2D eigenvalue weighted by Crippen LogP contribution is -1.99. The highest BCUT2D eigenvalue weighted by Crippen LogP contribution is 2.37. The van der Waals surface area contributed by atoms with Crippen molar-refractivity contribution >= 4 is 11.6 Å². The van der Waals surface area contributed by atoms with Crippen LogP contribution in [0.15, 0.2) is 36.4 Å². The van der Waals surface area contributed by atoms with Crippen LogP contribution < -0.4 is 4.74 Å². The van der Waals surface area contributed by atoms with E-state index >= 15 is 0 Å². The molecule has 0 amide bonds. The first-order chi connectivity index (χ1) is 9.69. The zero-order valence-corrected chi connectivity index (χ0v) is 12.4. The first-order valence-electron chi connectivity index (χ1n) is 6.67. The average molecular weight is 289 g/mol. The summed E-state index contributed by atoms with van der Waals surface area (Å²) in [7, 11) is 1.67. The monoisotopic (exact) mass is 288 g/mol. The first-order valence-corrected chi connectivity index (χ1v) is 7.10. The maximum Gasteiger partial charge on any atom is 0.123 e. The van der Waals surface area contributed by atoms with Crippen LogP contribution in [0.3, 0.4) is 0 Å². The van der Waals surface area contributed by atoms with Crippen LogP contribution in [0, 0.1) is 6.92 Å². The molecular weight excluding hydrogens is 272 g/mol. The summed E-state index contributed by atoms with van der Waals surface area (Å²) in [5.74, 6) is 0.826. The summed E-state index contributed by atoms with van der Waals surface area (Å²) in [5, 5.41) is -0.212.